The first-order valence-electron chi connectivity index (χ1n) is 5.90. The minimum Gasteiger partial charge on any atom is -0.301 e. The molecule has 0 aliphatic carbocycles. The molecule has 1 aromatic carbocycles. The molecule has 1 unspecified atom stereocenters. The van der Waals surface area contributed by atoms with Crippen molar-refractivity contribution in [3.05, 3.63) is 22.2 Å². The van der Waals surface area contributed by atoms with Gasteiger partial charge in [0.2, 0.25) is 5.91 Å². The Morgan fingerprint density at radius 1 is 1.42 bits per heavy atom. The molecular formula is C13H14Br2N2OS. The second-order valence-corrected chi connectivity index (χ2v) is 7.59. The van der Waals surface area contributed by atoms with E-state index < -0.39 is 0 Å². The van der Waals surface area contributed by atoms with Gasteiger partial charge in [-0.15, -0.1) is 0 Å². The Balaban J connectivity index is 2.25. The van der Waals surface area contributed by atoms with Gasteiger partial charge < -0.3 is 5.32 Å². The highest BCUT2D eigenvalue weighted by Gasteiger charge is 2.19. The number of benzene rings is 1. The third-order valence-electron chi connectivity index (χ3n) is 2.73. The first-order valence-corrected chi connectivity index (χ1v) is 8.42. The molecule has 1 heterocycles. The summed E-state index contributed by atoms with van der Waals surface area (Å²) in [4.78, 5) is 16.2. The first-order chi connectivity index (χ1) is 8.88. The monoisotopic (exact) mass is 404 g/mol. The molecule has 0 saturated carbocycles. The number of hydrogen-bond donors (Lipinski definition) is 1. The van der Waals surface area contributed by atoms with Crippen molar-refractivity contribution in [1.82, 2.24) is 4.98 Å². The van der Waals surface area contributed by atoms with Gasteiger partial charge in [0.25, 0.3) is 0 Å². The van der Waals surface area contributed by atoms with Crippen molar-refractivity contribution in [1.29, 1.82) is 0 Å². The van der Waals surface area contributed by atoms with Crippen LogP contribution in [0.5, 0.6) is 0 Å². The number of rotatable bonds is 3. The van der Waals surface area contributed by atoms with Crippen LogP contribution in [-0.2, 0) is 4.79 Å². The lowest BCUT2D eigenvalue weighted by atomic mass is 10.1. The van der Waals surface area contributed by atoms with Crippen LogP contribution in [-0.4, -0.2) is 15.7 Å². The molecule has 2 rings (SSSR count). The third-order valence-corrected chi connectivity index (χ3v) is 6.00. The summed E-state index contributed by atoms with van der Waals surface area (Å²) >= 11 is 8.37. The Kier molecular flexibility index (Phi) is 4.63. The molecule has 3 nitrogen and oxygen atoms in total. The maximum atomic E-state index is 12.0. The van der Waals surface area contributed by atoms with Crippen LogP contribution in [0.1, 0.15) is 19.4 Å². The number of halogens is 2. The molecule has 1 amide bonds. The van der Waals surface area contributed by atoms with Gasteiger partial charge >= 0.3 is 0 Å². The minimum atomic E-state index is -0.201. The lowest BCUT2D eigenvalue weighted by Crippen LogP contribution is -2.26. The third kappa shape index (κ3) is 3.35. The fourth-order valence-electron chi connectivity index (χ4n) is 1.58. The van der Waals surface area contributed by atoms with Crippen LogP contribution >= 0.6 is 43.2 Å². The van der Waals surface area contributed by atoms with E-state index in [4.69, 9.17) is 0 Å². The fourth-order valence-corrected chi connectivity index (χ4v) is 2.98. The number of nitrogens with zero attached hydrogens (tertiary/aromatic N) is 1. The van der Waals surface area contributed by atoms with E-state index in [1.165, 1.54) is 11.3 Å². The van der Waals surface area contributed by atoms with Crippen LogP contribution < -0.4 is 5.32 Å². The molecule has 19 heavy (non-hydrogen) atoms. The van der Waals surface area contributed by atoms with E-state index in [0.717, 1.165) is 20.3 Å². The van der Waals surface area contributed by atoms with Gasteiger partial charge in [0.15, 0.2) is 5.13 Å². The summed E-state index contributed by atoms with van der Waals surface area (Å²) < 4.78 is 2.11. The molecule has 0 bridgehead atoms. The predicted octanol–water partition coefficient (Wildman–Crippen LogP) is 4.73. The highest BCUT2D eigenvalue weighted by molar-refractivity contribution is 9.10. The largest absolute Gasteiger partial charge is 0.301 e. The Bertz CT molecular complexity index is 585. The molecule has 1 N–H and O–H groups in total. The molecule has 0 spiro atoms. The molecule has 1 atom stereocenters. The quantitative estimate of drug-likeness (QED) is 0.750. The van der Waals surface area contributed by atoms with Crippen LogP contribution in [0.2, 0.25) is 0 Å². The molecule has 2 aromatic rings. The summed E-state index contributed by atoms with van der Waals surface area (Å²) in [6.07, 6.45) is 0. The summed E-state index contributed by atoms with van der Waals surface area (Å²) in [7, 11) is 0. The van der Waals surface area contributed by atoms with Crippen molar-refractivity contribution in [2.45, 2.75) is 25.6 Å². The van der Waals surface area contributed by atoms with Gasteiger partial charge in [0.1, 0.15) is 0 Å². The van der Waals surface area contributed by atoms with Gasteiger partial charge in [-0.25, -0.2) is 4.98 Å². The van der Waals surface area contributed by atoms with E-state index in [0.29, 0.717) is 5.13 Å². The Hall–Kier alpha value is -0.460. The predicted molar refractivity (Wildman–Crippen MR) is 88.2 cm³/mol. The van der Waals surface area contributed by atoms with Gasteiger partial charge in [-0.05, 0) is 30.5 Å². The van der Waals surface area contributed by atoms with E-state index in [2.05, 4.69) is 48.2 Å². The second kappa shape index (κ2) is 5.89. The molecule has 1 aromatic heterocycles. The van der Waals surface area contributed by atoms with Crippen LogP contribution in [0.3, 0.4) is 0 Å². The lowest BCUT2D eigenvalue weighted by Gasteiger charge is -2.11. The highest BCUT2D eigenvalue weighted by Crippen LogP contribution is 2.31. The van der Waals surface area contributed by atoms with Crippen molar-refractivity contribution in [2.75, 3.05) is 5.32 Å². The van der Waals surface area contributed by atoms with Gasteiger partial charge in [0.05, 0.1) is 15.0 Å². The van der Waals surface area contributed by atoms with E-state index in [-0.39, 0.29) is 16.7 Å². The highest BCUT2D eigenvalue weighted by atomic mass is 79.9. The van der Waals surface area contributed by atoms with E-state index in [9.17, 15) is 4.79 Å². The molecule has 0 aliphatic heterocycles. The standard InChI is InChI=1S/C13H14Br2N2OS/c1-6(2)11(15)12(18)17-13-16-9-5-8(14)7(3)4-10(9)19-13/h4-6,11H,1-3H3,(H,16,17,18). The number of hydrogen-bond acceptors (Lipinski definition) is 3. The normalized spacial score (nSPS) is 12.9. The molecule has 102 valence electrons. The lowest BCUT2D eigenvalue weighted by molar-refractivity contribution is -0.116. The van der Waals surface area contributed by atoms with Crippen LogP contribution in [0.25, 0.3) is 10.2 Å². The Morgan fingerprint density at radius 3 is 2.74 bits per heavy atom. The first kappa shape index (κ1) is 14.9. The second-order valence-electron chi connectivity index (χ2n) is 4.72. The molecule has 0 aliphatic rings. The zero-order valence-corrected chi connectivity index (χ0v) is 14.8. The number of amides is 1. The number of nitrogens with one attached hydrogen (secondary N) is 1. The molecule has 0 saturated heterocycles. The van der Waals surface area contributed by atoms with Crippen molar-refractivity contribution in [3.63, 3.8) is 0 Å². The topological polar surface area (TPSA) is 42.0 Å². The smallest absolute Gasteiger partial charge is 0.240 e. The summed E-state index contributed by atoms with van der Waals surface area (Å²) in [6, 6.07) is 4.05. The molecule has 0 radical (unpaired) electrons. The number of fused-ring (bicyclic) bond motifs is 1. The number of thiazole rings is 1. The summed E-state index contributed by atoms with van der Waals surface area (Å²) in [6.45, 7) is 6.03. The van der Waals surface area contributed by atoms with Gasteiger partial charge in [-0.1, -0.05) is 57.0 Å². The van der Waals surface area contributed by atoms with Crippen LogP contribution in [0, 0.1) is 12.8 Å². The van der Waals surface area contributed by atoms with Gasteiger partial charge in [-0.3, -0.25) is 4.79 Å². The minimum absolute atomic E-state index is 0.0511. The maximum Gasteiger partial charge on any atom is 0.240 e. The summed E-state index contributed by atoms with van der Waals surface area (Å²) in [5.41, 5.74) is 2.06. The number of carbonyl (C=O) groups excluding carboxylic acids is 1. The fraction of sp³-hybridized carbons (Fsp3) is 0.385. The molecule has 0 fully saturated rings. The average Bonchev–Trinajstić information content (AvgIpc) is 2.69. The SMILES string of the molecule is Cc1cc2sc(NC(=O)C(Br)C(C)C)nc2cc1Br. The number of anilines is 1. The number of aryl methyl sites for hydroxylation is 1. The zero-order chi connectivity index (χ0) is 14.2. The van der Waals surface area contributed by atoms with Crippen LogP contribution in [0.15, 0.2) is 16.6 Å². The summed E-state index contributed by atoms with van der Waals surface area (Å²) in [5.74, 6) is 0.190. The van der Waals surface area contributed by atoms with Crippen molar-refractivity contribution in [2.24, 2.45) is 5.92 Å². The number of aromatic nitrogens is 1. The number of carbonyl (C=O) groups is 1. The van der Waals surface area contributed by atoms with Crippen molar-refractivity contribution in [3.8, 4) is 0 Å². The Labute approximate surface area is 133 Å². The summed E-state index contributed by atoms with van der Waals surface area (Å²) in [5, 5.41) is 3.50. The molecular weight excluding hydrogens is 392 g/mol. The molecule has 6 heteroatoms. The van der Waals surface area contributed by atoms with Gasteiger partial charge in [0, 0.05) is 4.47 Å². The Morgan fingerprint density at radius 2 is 2.11 bits per heavy atom. The maximum absolute atomic E-state index is 12.0. The van der Waals surface area contributed by atoms with Crippen LogP contribution in [0.4, 0.5) is 5.13 Å². The number of alkyl halides is 1. The van der Waals surface area contributed by atoms with Gasteiger partial charge in [-0.2, -0.15) is 0 Å². The van der Waals surface area contributed by atoms with E-state index in [1.807, 2.05) is 26.8 Å². The van der Waals surface area contributed by atoms with E-state index in [1.54, 1.807) is 0 Å². The van der Waals surface area contributed by atoms with Crippen molar-refractivity contribution < 1.29 is 4.79 Å². The average molecular weight is 406 g/mol. The zero-order valence-electron chi connectivity index (χ0n) is 10.8. The van der Waals surface area contributed by atoms with Crippen molar-refractivity contribution >= 4 is 64.5 Å². The van der Waals surface area contributed by atoms with E-state index >= 15 is 0 Å².